The fourth-order valence-corrected chi connectivity index (χ4v) is 4.70. The zero-order valence-corrected chi connectivity index (χ0v) is 16.5. The fraction of sp³-hybridized carbons (Fsp3) is 0.478. The standard InChI is InChI=1S/C23H27N3O3/c27-23-11-17-5-8-26(20-14-28-15-20)13-19(17)6-9-29-22-4-3-16(10-21(22)25-23)18-2-1-7-24-12-18/h1-4,7,10,12,17,19-20H,5-6,8-9,11,13-15H2,(H,25,27)/t17-,19-/m0/s1. The van der Waals surface area contributed by atoms with E-state index in [1.165, 1.54) is 0 Å². The minimum Gasteiger partial charge on any atom is -0.491 e. The second-order valence-electron chi connectivity index (χ2n) is 8.34. The quantitative estimate of drug-likeness (QED) is 0.849. The Kier molecular flexibility index (Phi) is 5.21. The summed E-state index contributed by atoms with van der Waals surface area (Å²) in [6.45, 7) is 4.47. The van der Waals surface area contributed by atoms with Gasteiger partial charge >= 0.3 is 0 Å². The largest absolute Gasteiger partial charge is 0.491 e. The molecule has 0 radical (unpaired) electrons. The molecule has 5 rings (SSSR count). The van der Waals surface area contributed by atoms with E-state index in [4.69, 9.17) is 9.47 Å². The van der Waals surface area contributed by atoms with Crippen molar-refractivity contribution in [2.45, 2.75) is 25.3 Å². The first kappa shape index (κ1) is 18.6. The lowest BCUT2D eigenvalue weighted by Crippen LogP contribution is -2.54. The number of nitrogens with zero attached hydrogens (tertiary/aromatic N) is 2. The summed E-state index contributed by atoms with van der Waals surface area (Å²) in [5.41, 5.74) is 2.79. The Balaban J connectivity index is 1.34. The van der Waals surface area contributed by atoms with Crippen LogP contribution in [0.3, 0.4) is 0 Å². The number of likely N-dealkylation sites (tertiary alicyclic amines) is 1. The van der Waals surface area contributed by atoms with Gasteiger partial charge in [0.05, 0.1) is 31.5 Å². The summed E-state index contributed by atoms with van der Waals surface area (Å²) in [5, 5.41) is 3.11. The van der Waals surface area contributed by atoms with Gasteiger partial charge in [-0.15, -0.1) is 0 Å². The Bertz CT molecular complexity index is 869. The van der Waals surface area contributed by atoms with Crippen molar-refractivity contribution in [1.29, 1.82) is 0 Å². The number of fused-ring (bicyclic) bond motifs is 2. The molecule has 0 unspecified atom stereocenters. The van der Waals surface area contributed by atoms with Crippen LogP contribution in [0, 0.1) is 11.8 Å². The third kappa shape index (κ3) is 4.00. The predicted octanol–water partition coefficient (Wildman–Crippen LogP) is 3.20. The Morgan fingerprint density at radius 2 is 2.03 bits per heavy atom. The first-order valence-electron chi connectivity index (χ1n) is 10.5. The van der Waals surface area contributed by atoms with Crippen molar-refractivity contribution in [2.75, 3.05) is 38.2 Å². The number of benzene rings is 1. The molecule has 2 aromatic rings. The lowest BCUT2D eigenvalue weighted by atomic mass is 9.80. The molecule has 3 aliphatic rings. The van der Waals surface area contributed by atoms with Crippen molar-refractivity contribution in [3.8, 4) is 16.9 Å². The van der Waals surface area contributed by atoms with E-state index in [1.54, 1.807) is 6.20 Å². The smallest absolute Gasteiger partial charge is 0.224 e. The highest BCUT2D eigenvalue weighted by molar-refractivity contribution is 5.93. The summed E-state index contributed by atoms with van der Waals surface area (Å²) >= 11 is 0. The molecule has 3 aliphatic heterocycles. The highest BCUT2D eigenvalue weighted by atomic mass is 16.5. The maximum absolute atomic E-state index is 12.8. The number of pyridine rings is 1. The number of hydrogen-bond donors (Lipinski definition) is 1. The van der Waals surface area contributed by atoms with Gasteiger partial charge in [-0.25, -0.2) is 0 Å². The summed E-state index contributed by atoms with van der Waals surface area (Å²) < 4.78 is 11.5. The molecule has 4 heterocycles. The number of carbonyl (C=O) groups excluding carboxylic acids is 1. The number of piperidine rings is 1. The predicted molar refractivity (Wildman–Crippen MR) is 111 cm³/mol. The van der Waals surface area contributed by atoms with Gasteiger partial charge in [0.2, 0.25) is 5.91 Å². The van der Waals surface area contributed by atoms with Crippen molar-refractivity contribution in [2.24, 2.45) is 11.8 Å². The molecule has 2 fully saturated rings. The highest BCUT2D eigenvalue weighted by Gasteiger charge is 2.36. The lowest BCUT2D eigenvalue weighted by Gasteiger charge is -2.45. The minimum atomic E-state index is 0.0792. The number of anilines is 1. The summed E-state index contributed by atoms with van der Waals surface area (Å²) in [6.07, 6.45) is 6.21. The van der Waals surface area contributed by atoms with Crippen LogP contribution in [0.25, 0.3) is 11.1 Å². The molecular formula is C23H27N3O3. The fourth-order valence-electron chi connectivity index (χ4n) is 4.70. The normalized spacial score (nSPS) is 25.7. The number of carbonyl (C=O) groups is 1. The van der Waals surface area contributed by atoms with Crippen molar-refractivity contribution >= 4 is 11.6 Å². The molecule has 0 aliphatic carbocycles. The number of rotatable bonds is 2. The van der Waals surface area contributed by atoms with E-state index in [1.807, 2.05) is 36.5 Å². The van der Waals surface area contributed by atoms with Crippen molar-refractivity contribution in [3.63, 3.8) is 0 Å². The number of ether oxygens (including phenoxy) is 2. The van der Waals surface area contributed by atoms with Crippen LogP contribution >= 0.6 is 0 Å². The van der Waals surface area contributed by atoms with Gasteiger partial charge in [-0.3, -0.25) is 14.7 Å². The minimum absolute atomic E-state index is 0.0792. The zero-order chi connectivity index (χ0) is 19.6. The van der Waals surface area contributed by atoms with Crippen LogP contribution in [-0.4, -0.2) is 54.7 Å². The first-order chi connectivity index (χ1) is 14.3. The van der Waals surface area contributed by atoms with Crippen molar-refractivity contribution < 1.29 is 14.3 Å². The number of aromatic nitrogens is 1. The van der Waals surface area contributed by atoms with Crippen LogP contribution in [-0.2, 0) is 9.53 Å². The average Bonchev–Trinajstić information content (AvgIpc) is 2.70. The van der Waals surface area contributed by atoms with Crippen molar-refractivity contribution in [1.82, 2.24) is 9.88 Å². The maximum Gasteiger partial charge on any atom is 0.224 e. The maximum atomic E-state index is 12.8. The topological polar surface area (TPSA) is 63.7 Å². The zero-order valence-electron chi connectivity index (χ0n) is 16.5. The molecule has 2 saturated heterocycles. The Morgan fingerprint density at radius 3 is 2.83 bits per heavy atom. The summed E-state index contributed by atoms with van der Waals surface area (Å²) in [4.78, 5) is 19.6. The molecule has 2 atom stereocenters. The Labute approximate surface area is 171 Å². The van der Waals surface area contributed by atoms with Gasteiger partial charge in [-0.1, -0.05) is 12.1 Å². The van der Waals surface area contributed by atoms with Crippen LogP contribution in [0.15, 0.2) is 42.7 Å². The van der Waals surface area contributed by atoms with E-state index >= 15 is 0 Å². The lowest BCUT2D eigenvalue weighted by molar-refractivity contribution is -0.119. The van der Waals surface area contributed by atoms with E-state index < -0.39 is 0 Å². The number of amides is 1. The van der Waals surface area contributed by atoms with Gasteiger partial charge in [0.15, 0.2) is 0 Å². The molecule has 1 amide bonds. The van der Waals surface area contributed by atoms with Gasteiger partial charge in [0.1, 0.15) is 5.75 Å². The van der Waals surface area contributed by atoms with Gasteiger partial charge in [0, 0.05) is 30.9 Å². The summed E-state index contributed by atoms with van der Waals surface area (Å²) in [6, 6.07) is 10.5. The van der Waals surface area contributed by atoms with Gasteiger partial charge < -0.3 is 14.8 Å². The summed E-state index contributed by atoms with van der Waals surface area (Å²) in [7, 11) is 0. The summed E-state index contributed by atoms with van der Waals surface area (Å²) in [5.74, 6) is 1.73. The molecule has 0 spiro atoms. The number of hydrogen-bond acceptors (Lipinski definition) is 5. The monoisotopic (exact) mass is 393 g/mol. The van der Waals surface area contributed by atoms with Gasteiger partial charge in [-0.2, -0.15) is 0 Å². The molecule has 152 valence electrons. The molecule has 1 aromatic carbocycles. The Morgan fingerprint density at radius 1 is 1.10 bits per heavy atom. The molecule has 0 bridgehead atoms. The molecular weight excluding hydrogens is 366 g/mol. The SMILES string of the molecule is O=C1C[C@@H]2CCN(C3COC3)C[C@@H]2CCOc2ccc(-c3cccnc3)cc2N1. The molecule has 1 N–H and O–H groups in total. The van der Waals surface area contributed by atoms with E-state index in [0.717, 1.165) is 61.7 Å². The molecule has 29 heavy (non-hydrogen) atoms. The highest BCUT2D eigenvalue weighted by Crippen LogP contribution is 2.35. The number of nitrogens with one attached hydrogen (secondary N) is 1. The average molecular weight is 393 g/mol. The van der Waals surface area contributed by atoms with E-state index in [-0.39, 0.29) is 5.91 Å². The van der Waals surface area contributed by atoms with Crippen LogP contribution < -0.4 is 10.1 Å². The third-order valence-electron chi connectivity index (χ3n) is 6.50. The third-order valence-corrected chi connectivity index (χ3v) is 6.50. The van der Waals surface area contributed by atoms with E-state index in [9.17, 15) is 4.79 Å². The van der Waals surface area contributed by atoms with Crippen LogP contribution in [0.5, 0.6) is 5.75 Å². The molecule has 6 nitrogen and oxygen atoms in total. The van der Waals surface area contributed by atoms with Crippen LogP contribution in [0.4, 0.5) is 5.69 Å². The second-order valence-corrected chi connectivity index (χ2v) is 8.34. The second kappa shape index (κ2) is 8.13. The van der Waals surface area contributed by atoms with Gasteiger partial charge in [-0.05, 0) is 55.0 Å². The van der Waals surface area contributed by atoms with E-state index in [2.05, 4.69) is 15.2 Å². The van der Waals surface area contributed by atoms with E-state index in [0.29, 0.717) is 30.9 Å². The first-order valence-corrected chi connectivity index (χ1v) is 10.5. The molecule has 1 aromatic heterocycles. The molecule has 0 saturated carbocycles. The van der Waals surface area contributed by atoms with Crippen LogP contribution in [0.1, 0.15) is 19.3 Å². The van der Waals surface area contributed by atoms with Crippen LogP contribution in [0.2, 0.25) is 0 Å². The van der Waals surface area contributed by atoms with Crippen molar-refractivity contribution in [3.05, 3.63) is 42.7 Å². The Hall–Kier alpha value is -2.44. The van der Waals surface area contributed by atoms with Gasteiger partial charge in [0.25, 0.3) is 0 Å². The molecule has 6 heteroatoms.